The molecule has 0 aliphatic rings. The van der Waals surface area contributed by atoms with Crippen molar-refractivity contribution in [2.45, 2.75) is 13.3 Å². The first-order valence-corrected chi connectivity index (χ1v) is 9.08. The largest absolute Gasteiger partial charge is 0.456 e. The number of rotatable bonds is 8. The summed E-state index contributed by atoms with van der Waals surface area (Å²) in [5.41, 5.74) is 1.52. The topological polar surface area (TPSA) is 114 Å². The second-order valence-corrected chi connectivity index (χ2v) is 6.42. The van der Waals surface area contributed by atoms with Crippen LogP contribution in [0.25, 0.3) is 0 Å². The van der Waals surface area contributed by atoms with E-state index in [0.717, 1.165) is 0 Å². The van der Waals surface area contributed by atoms with Crippen molar-refractivity contribution >= 4 is 46.7 Å². The third kappa shape index (κ3) is 8.02. The van der Waals surface area contributed by atoms with Gasteiger partial charge in [0, 0.05) is 35.4 Å². The van der Waals surface area contributed by atoms with E-state index in [9.17, 15) is 19.2 Å². The summed E-state index contributed by atoms with van der Waals surface area (Å²) in [6, 6.07) is 12.8. The third-order valence-electron chi connectivity index (χ3n) is 3.57. The van der Waals surface area contributed by atoms with Crippen LogP contribution in [0, 0.1) is 0 Å². The number of hydrogen-bond acceptors (Lipinski definition) is 5. The fraction of sp³-hybridized carbons (Fsp3) is 0.200. The zero-order valence-corrected chi connectivity index (χ0v) is 16.4. The van der Waals surface area contributed by atoms with Gasteiger partial charge in [-0.1, -0.05) is 11.6 Å². The highest BCUT2D eigenvalue weighted by molar-refractivity contribution is 6.30. The molecule has 9 heteroatoms. The van der Waals surface area contributed by atoms with E-state index in [-0.39, 0.29) is 24.8 Å². The quantitative estimate of drug-likeness (QED) is 0.571. The van der Waals surface area contributed by atoms with Gasteiger partial charge in [-0.25, -0.2) is 0 Å². The lowest BCUT2D eigenvalue weighted by Gasteiger charge is -2.08. The third-order valence-corrected chi connectivity index (χ3v) is 3.83. The number of hydrogen-bond donors (Lipinski definition) is 3. The van der Waals surface area contributed by atoms with Gasteiger partial charge in [0.1, 0.15) is 0 Å². The Hall–Kier alpha value is -3.39. The van der Waals surface area contributed by atoms with Crippen LogP contribution in [0.1, 0.15) is 23.7 Å². The number of ether oxygens (including phenoxy) is 1. The Kier molecular flexibility index (Phi) is 8.17. The van der Waals surface area contributed by atoms with E-state index in [2.05, 4.69) is 16.0 Å². The molecule has 0 fully saturated rings. The zero-order chi connectivity index (χ0) is 21.2. The summed E-state index contributed by atoms with van der Waals surface area (Å²) in [6.07, 6.45) is -0.0714. The Bertz CT molecular complexity index is 882. The van der Waals surface area contributed by atoms with Gasteiger partial charge < -0.3 is 20.7 Å². The predicted molar refractivity (Wildman–Crippen MR) is 109 cm³/mol. The monoisotopic (exact) mass is 417 g/mol. The Balaban J connectivity index is 1.66. The summed E-state index contributed by atoms with van der Waals surface area (Å²) in [5, 5.41) is 8.28. The molecule has 0 aromatic heterocycles. The van der Waals surface area contributed by atoms with Crippen molar-refractivity contribution < 1.29 is 23.9 Å². The maximum atomic E-state index is 11.9. The fourth-order valence-corrected chi connectivity index (χ4v) is 2.36. The molecular formula is C20H20ClN3O5. The minimum atomic E-state index is -0.613. The number of halogens is 1. The molecule has 0 bridgehead atoms. The molecule has 2 rings (SSSR count). The lowest BCUT2D eigenvalue weighted by Crippen LogP contribution is -2.27. The molecule has 0 atom stereocenters. The summed E-state index contributed by atoms with van der Waals surface area (Å²) in [5.74, 6) is -1.65. The standard InChI is InChI=1S/C20H20ClN3O5/c1-13(25)23-16-6-8-17(9-7-16)24-18(26)12-29-19(27)10-11-22-20(28)14-2-4-15(21)5-3-14/h2-9H,10-12H2,1H3,(H,22,28)(H,23,25)(H,24,26). The Morgan fingerprint density at radius 2 is 1.48 bits per heavy atom. The second-order valence-electron chi connectivity index (χ2n) is 5.98. The van der Waals surface area contributed by atoms with Crippen LogP contribution in [0.3, 0.4) is 0 Å². The molecule has 0 spiro atoms. The summed E-state index contributed by atoms with van der Waals surface area (Å²) >= 11 is 5.76. The summed E-state index contributed by atoms with van der Waals surface area (Å²) in [7, 11) is 0. The smallest absolute Gasteiger partial charge is 0.308 e. The Labute approximate surface area is 172 Å². The predicted octanol–water partition coefficient (Wildman–Crippen LogP) is 2.60. The van der Waals surface area contributed by atoms with E-state index in [4.69, 9.17) is 16.3 Å². The highest BCUT2D eigenvalue weighted by atomic mass is 35.5. The molecule has 8 nitrogen and oxygen atoms in total. The van der Waals surface area contributed by atoms with Crippen LogP contribution in [0.5, 0.6) is 0 Å². The van der Waals surface area contributed by atoms with Gasteiger partial charge in [-0.05, 0) is 48.5 Å². The van der Waals surface area contributed by atoms with E-state index in [1.54, 1.807) is 48.5 Å². The van der Waals surface area contributed by atoms with Gasteiger partial charge in [-0.2, -0.15) is 0 Å². The molecule has 29 heavy (non-hydrogen) atoms. The van der Waals surface area contributed by atoms with Crippen molar-refractivity contribution in [3.8, 4) is 0 Å². The van der Waals surface area contributed by atoms with Crippen LogP contribution in [0.4, 0.5) is 11.4 Å². The number of nitrogens with one attached hydrogen (secondary N) is 3. The van der Waals surface area contributed by atoms with Crippen molar-refractivity contribution in [2.75, 3.05) is 23.8 Å². The van der Waals surface area contributed by atoms with Gasteiger partial charge in [0.15, 0.2) is 6.61 Å². The molecular weight excluding hydrogens is 398 g/mol. The average Bonchev–Trinajstić information content (AvgIpc) is 2.68. The van der Waals surface area contributed by atoms with Crippen LogP contribution in [-0.4, -0.2) is 36.8 Å². The van der Waals surface area contributed by atoms with E-state index in [1.807, 2.05) is 0 Å². The zero-order valence-electron chi connectivity index (χ0n) is 15.7. The normalized spacial score (nSPS) is 10.0. The summed E-state index contributed by atoms with van der Waals surface area (Å²) < 4.78 is 4.88. The van der Waals surface area contributed by atoms with E-state index in [1.165, 1.54) is 6.92 Å². The Morgan fingerprint density at radius 3 is 2.07 bits per heavy atom. The van der Waals surface area contributed by atoms with Crippen LogP contribution in [-0.2, 0) is 19.1 Å². The first-order valence-electron chi connectivity index (χ1n) is 8.70. The lowest BCUT2D eigenvalue weighted by molar-refractivity contribution is -0.147. The number of benzene rings is 2. The maximum Gasteiger partial charge on any atom is 0.308 e. The average molecular weight is 418 g/mol. The molecule has 152 valence electrons. The van der Waals surface area contributed by atoms with Gasteiger partial charge in [-0.15, -0.1) is 0 Å². The summed E-state index contributed by atoms with van der Waals surface area (Å²) in [4.78, 5) is 46.4. The molecule has 0 radical (unpaired) electrons. The van der Waals surface area contributed by atoms with Gasteiger partial charge in [0.05, 0.1) is 6.42 Å². The van der Waals surface area contributed by atoms with Crippen molar-refractivity contribution in [1.29, 1.82) is 0 Å². The molecule has 2 aromatic carbocycles. The van der Waals surface area contributed by atoms with Gasteiger partial charge in [0.2, 0.25) is 5.91 Å². The van der Waals surface area contributed by atoms with Crippen LogP contribution in [0.2, 0.25) is 5.02 Å². The molecule has 0 saturated heterocycles. The highest BCUT2D eigenvalue weighted by Crippen LogP contribution is 2.13. The van der Waals surface area contributed by atoms with E-state index in [0.29, 0.717) is 22.0 Å². The minimum Gasteiger partial charge on any atom is -0.456 e. The van der Waals surface area contributed by atoms with E-state index >= 15 is 0 Å². The first kappa shape index (κ1) is 21.9. The number of carbonyl (C=O) groups is 4. The lowest BCUT2D eigenvalue weighted by atomic mass is 10.2. The number of anilines is 2. The molecule has 0 unspecified atom stereocenters. The number of amides is 3. The fourth-order valence-electron chi connectivity index (χ4n) is 2.24. The van der Waals surface area contributed by atoms with Crippen LogP contribution >= 0.6 is 11.6 Å². The van der Waals surface area contributed by atoms with Gasteiger partial charge in [-0.3, -0.25) is 19.2 Å². The molecule has 2 aromatic rings. The molecule has 0 heterocycles. The van der Waals surface area contributed by atoms with Crippen molar-refractivity contribution in [2.24, 2.45) is 0 Å². The van der Waals surface area contributed by atoms with Crippen molar-refractivity contribution in [3.63, 3.8) is 0 Å². The summed E-state index contributed by atoms with van der Waals surface area (Å²) in [6.45, 7) is 1.02. The maximum absolute atomic E-state index is 11.9. The van der Waals surface area contributed by atoms with Gasteiger partial charge >= 0.3 is 5.97 Å². The molecule has 0 saturated carbocycles. The minimum absolute atomic E-state index is 0.0714. The van der Waals surface area contributed by atoms with Crippen LogP contribution < -0.4 is 16.0 Å². The van der Waals surface area contributed by atoms with Gasteiger partial charge in [0.25, 0.3) is 11.8 Å². The van der Waals surface area contributed by atoms with Crippen molar-refractivity contribution in [3.05, 3.63) is 59.1 Å². The SMILES string of the molecule is CC(=O)Nc1ccc(NC(=O)COC(=O)CCNC(=O)c2ccc(Cl)cc2)cc1. The molecule has 0 aliphatic heterocycles. The molecule has 3 N–H and O–H groups in total. The van der Waals surface area contributed by atoms with Crippen LogP contribution in [0.15, 0.2) is 48.5 Å². The van der Waals surface area contributed by atoms with E-state index < -0.39 is 18.5 Å². The number of esters is 1. The first-order chi connectivity index (χ1) is 13.8. The number of carbonyl (C=O) groups excluding carboxylic acids is 4. The molecule has 0 aliphatic carbocycles. The van der Waals surface area contributed by atoms with Crippen molar-refractivity contribution in [1.82, 2.24) is 5.32 Å². The Morgan fingerprint density at radius 1 is 0.897 bits per heavy atom. The molecule has 3 amide bonds. The highest BCUT2D eigenvalue weighted by Gasteiger charge is 2.10. The second kappa shape index (κ2) is 10.8.